The number of carbonyl (C=O) groups is 1. The highest BCUT2D eigenvalue weighted by molar-refractivity contribution is 6.30. The summed E-state index contributed by atoms with van der Waals surface area (Å²) in [5, 5.41) is 3.67. The van der Waals surface area contributed by atoms with Gasteiger partial charge in [-0.15, -0.1) is 0 Å². The molecule has 0 radical (unpaired) electrons. The van der Waals surface area contributed by atoms with Crippen molar-refractivity contribution in [1.29, 1.82) is 0 Å². The van der Waals surface area contributed by atoms with Gasteiger partial charge in [0, 0.05) is 17.0 Å². The minimum atomic E-state index is -0.213. The van der Waals surface area contributed by atoms with Crippen LogP contribution in [-0.4, -0.2) is 19.2 Å². The lowest BCUT2D eigenvalue weighted by Gasteiger charge is -2.26. The molecular weight excluding hydrogens is 314 g/mol. The van der Waals surface area contributed by atoms with E-state index in [1.54, 1.807) is 18.2 Å². The Kier molecular flexibility index (Phi) is 4.18. The molecule has 23 heavy (non-hydrogen) atoms. The van der Waals surface area contributed by atoms with Crippen LogP contribution in [0.15, 0.2) is 42.5 Å². The molecule has 5 heteroatoms. The van der Waals surface area contributed by atoms with Crippen molar-refractivity contribution < 1.29 is 14.3 Å². The maximum absolute atomic E-state index is 12.5. The van der Waals surface area contributed by atoms with Crippen molar-refractivity contribution in [1.82, 2.24) is 5.32 Å². The molecule has 0 saturated carbocycles. The summed E-state index contributed by atoms with van der Waals surface area (Å²) >= 11 is 5.93. The molecule has 0 atom stereocenters. The highest BCUT2D eigenvalue weighted by Gasteiger charge is 2.25. The second-order valence-electron chi connectivity index (χ2n) is 6.11. The van der Waals surface area contributed by atoms with Gasteiger partial charge in [-0.2, -0.15) is 0 Å². The molecule has 4 nitrogen and oxygen atoms in total. The molecule has 3 rings (SSSR count). The van der Waals surface area contributed by atoms with E-state index in [2.05, 4.69) is 19.2 Å². The molecule has 0 bridgehead atoms. The van der Waals surface area contributed by atoms with Gasteiger partial charge in [-0.05, 0) is 29.8 Å². The standard InChI is InChI=1S/C18H18ClNO3/c1-18(2,12-6-8-13(19)9-7-12)10-20-17(21)14-4-3-5-15-16(14)23-11-22-15/h3-9H,10-11H2,1-2H3,(H,20,21). The van der Waals surface area contributed by atoms with E-state index in [1.165, 1.54) is 0 Å². The van der Waals surface area contributed by atoms with Gasteiger partial charge in [-0.1, -0.05) is 43.6 Å². The van der Waals surface area contributed by atoms with Crippen LogP contribution in [0.4, 0.5) is 0 Å². The molecule has 2 aromatic rings. The summed E-state index contributed by atoms with van der Waals surface area (Å²) in [6, 6.07) is 13.0. The first-order valence-electron chi connectivity index (χ1n) is 7.40. The first-order valence-corrected chi connectivity index (χ1v) is 7.78. The van der Waals surface area contributed by atoms with Crippen LogP contribution in [0.5, 0.6) is 11.5 Å². The minimum Gasteiger partial charge on any atom is -0.454 e. The molecule has 0 saturated heterocycles. The monoisotopic (exact) mass is 331 g/mol. The summed E-state index contributed by atoms with van der Waals surface area (Å²) in [5.41, 5.74) is 1.39. The molecule has 1 N–H and O–H groups in total. The van der Waals surface area contributed by atoms with Crippen LogP contribution < -0.4 is 14.8 Å². The number of hydrogen-bond donors (Lipinski definition) is 1. The average Bonchev–Trinajstić information content (AvgIpc) is 3.01. The lowest BCUT2D eigenvalue weighted by atomic mass is 9.84. The van der Waals surface area contributed by atoms with Crippen molar-refractivity contribution in [3.63, 3.8) is 0 Å². The predicted octanol–water partition coefficient (Wildman–Crippen LogP) is 3.78. The average molecular weight is 332 g/mol. The molecule has 1 heterocycles. The van der Waals surface area contributed by atoms with E-state index < -0.39 is 0 Å². The van der Waals surface area contributed by atoms with E-state index in [-0.39, 0.29) is 18.1 Å². The largest absolute Gasteiger partial charge is 0.454 e. The normalized spacial score (nSPS) is 13.0. The van der Waals surface area contributed by atoms with Crippen LogP contribution in [0.1, 0.15) is 29.8 Å². The highest BCUT2D eigenvalue weighted by Crippen LogP contribution is 2.35. The summed E-state index contributed by atoms with van der Waals surface area (Å²) in [4.78, 5) is 12.5. The number of para-hydroxylation sites is 1. The molecule has 1 aliphatic heterocycles. The number of hydrogen-bond acceptors (Lipinski definition) is 3. The van der Waals surface area contributed by atoms with Gasteiger partial charge in [0.15, 0.2) is 11.5 Å². The minimum absolute atomic E-state index is 0.149. The molecule has 2 aromatic carbocycles. The van der Waals surface area contributed by atoms with Crippen LogP contribution in [0, 0.1) is 0 Å². The summed E-state index contributed by atoms with van der Waals surface area (Å²) in [7, 11) is 0. The number of amides is 1. The van der Waals surface area contributed by atoms with Gasteiger partial charge < -0.3 is 14.8 Å². The maximum atomic E-state index is 12.5. The first-order chi connectivity index (χ1) is 11.0. The van der Waals surface area contributed by atoms with E-state index in [9.17, 15) is 4.79 Å². The molecule has 1 aliphatic rings. The predicted molar refractivity (Wildman–Crippen MR) is 89.4 cm³/mol. The van der Waals surface area contributed by atoms with Gasteiger partial charge in [-0.25, -0.2) is 0 Å². The van der Waals surface area contributed by atoms with E-state index in [0.717, 1.165) is 5.56 Å². The molecule has 0 spiro atoms. The Morgan fingerprint density at radius 1 is 1.17 bits per heavy atom. The lowest BCUT2D eigenvalue weighted by Crippen LogP contribution is -2.36. The Hall–Kier alpha value is -2.20. The summed E-state index contributed by atoms with van der Waals surface area (Å²) in [6.45, 7) is 4.80. The fourth-order valence-electron chi connectivity index (χ4n) is 2.51. The molecule has 0 fully saturated rings. The first kappa shape index (κ1) is 15.7. The molecule has 120 valence electrons. The van der Waals surface area contributed by atoms with Gasteiger partial charge in [0.2, 0.25) is 6.79 Å². The van der Waals surface area contributed by atoms with Gasteiger partial charge in [0.05, 0.1) is 5.56 Å². The van der Waals surface area contributed by atoms with Crippen molar-refractivity contribution >= 4 is 17.5 Å². The van der Waals surface area contributed by atoms with Crippen LogP contribution in [0.25, 0.3) is 0 Å². The topological polar surface area (TPSA) is 47.6 Å². The molecule has 0 unspecified atom stereocenters. The molecule has 0 aliphatic carbocycles. The van der Waals surface area contributed by atoms with E-state index in [1.807, 2.05) is 24.3 Å². The zero-order chi connectivity index (χ0) is 16.4. The van der Waals surface area contributed by atoms with Gasteiger partial charge in [0.25, 0.3) is 5.91 Å². The third-order valence-corrected chi connectivity index (χ3v) is 4.21. The van der Waals surface area contributed by atoms with Crippen LogP contribution >= 0.6 is 11.6 Å². The zero-order valence-electron chi connectivity index (χ0n) is 13.1. The lowest BCUT2D eigenvalue weighted by molar-refractivity contribution is 0.0941. The summed E-state index contributed by atoms with van der Waals surface area (Å²) in [6.07, 6.45) is 0. The maximum Gasteiger partial charge on any atom is 0.255 e. The number of fused-ring (bicyclic) bond motifs is 1. The van der Waals surface area contributed by atoms with Gasteiger partial charge in [0.1, 0.15) is 0 Å². The quantitative estimate of drug-likeness (QED) is 0.927. The van der Waals surface area contributed by atoms with E-state index in [4.69, 9.17) is 21.1 Å². The third-order valence-electron chi connectivity index (χ3n) is 3.96. The second kappa shape index (κ2) is 6.13. The molecular formula is C18H18ClNO3. The van der Waals surface area contributed by atoms with Crippen molar-refractivity contribution in [2.24, 2.45) is 0 Å². The Morgan fingerprint density at radius 2 is 1.91 bits per heavy atom. The fourth-order valence-corrected chi connectivity index (χ4v) is 2.63. The number of carbonyl (C=O) groups excluding carboxylic acids is 1. The Balaban J connectivity index is 1.71. The SMILES string of the molecule is CC(C)(CNC(=O)c1cccc2c1OCO2)c1ccc(Cl)cc1. The molecule has 1 amide bonds. The van der Waals surface area contributed by atoms with Gasteiger partial charge in [-0.3, -0.25) is 4.79 Å². The number of ether oxygens (including phenoxy) is 2. The van der Waals surface area contributed by atoms with Crippen LogP contribution in [-0.2, 0) is 5.41 Å². The van der Waals surface area contributed by atoms with Gasteiger partial charge >= 0.3 is 0 Å². The Bertz CT molecular complexity index is 726. The third kappa shape index (κ3) is 3.27. The number of rotatable bonds is 4. The van der Waals surface area contributed by atoms with Crippen molar-refractivity contribution in [3.05, 3.63) is 58.6 Å². The Labute approximate surface area is 140 Å². The van der Waals surface area contributed by atoms with Crippen molar-refractivity contribution in [3.8, 4) is 11.5 Å². The van der Waals surface area contributed by atoms with Crippen LogP contribution in [0.3, 0.4) is 0 Å². The smallest absolute Gasteiger partial charge is 0.255 e. The van der Waals surface area contributed by atoms with Crippen LogP contribution in [0.2, 0.25) is 5.02 Å². The van der Waals surface area contributed by atoms with Crippen molar-refractivity contribution in [2.45, 2.75) is 19.3 Å². The molecule has 0 aromatic heterocycles. The van der Waals surface area contributed by atoms with Crippen molar-refractivity contribution in [2.75, 3.05) is 13.3 Å². The summed E-state index contributed by atoms with van der Waals surface area (Å²) < 4.78 is 10.7. The number of benzene rings is 2. The number of nitrogens with one attached hydrogen (secondary N) is 1. The second-order valence-corrected chi connectivity index (χ2v) is 6.55. The van der Waals surface area contributed by atoms with E-state index >= 15 is 0 Å². The number of halogens is 1. The summed E-state index contributed by atoms with van der Waals surface area (Å²) in [5.74, 6) is 0.943. The zero-order valence-corrected chi connectivity index (χ0v) is 13.8. The highest BCUT2D eigenvalue weighted by atomic mass is 35.5. The Morgan fingerprint density at radius 3 is 2.65 bits per heavy atom. The fraction of sp³-hybridized carbons (Fsp3) is 0.278. The van der Waals surface area contributed by atoms with E-state index in [0.29, 0.717) is 28.6 Å².